The van der Waals surface area contributed by atoms with E-state index in [0.717, 1.165) is 25.2 Å². The SMILES string of the molecule is Cc1ccc(C(=O)N2CCN(CCOc3ccccc3Cl)CC2)cc1NC(=O)c1ccccc1F. The molecule has 3 aromatic rings. The van der Waals surface area contributed by atoms with Crippen LogP contribution in [0.5, 0.6) is 5.75 Å². The molecular weight excluding hydrogens is 469 g/mol. The Hall–Kier alpha value is -3.42. The number of nitrogens with zero attached hydrogens (tertiary/aromatic N) is 2. The second-order valence-electron chi connectivity index (χ2n) is 8.38. The van der Waals surface area contributed by atoms with Crippen LogP contribution >= 0.6 is 11.6 Å². The van der Waals surface area contributed by atoms with Gasteiger partial charge in [0.15, 0.2) is 0 Å². The van der Waals surface area contributed by atoms with Crippen LogP contribution < -0.4 is 10.1 Å². The first-order valence-electron chi connectivity index (χ1n) is 11.5. The minimum absolute atomic E-state index is 0.0433. The molecule has 0 aromatic heterocycles. The summed E-state index contributed by atoms with van der Waals surface area (Å²) in [6, 6.07) is 18.4. The number of aryl methyl sites for hydroxylation is 1. The van der Waals surface area contributed by atoms with E-state index in [4.69, 9.17) is 16.3 Å². The van der Waals surface area contributed by atoms with E-state index in [-0.39, 0.29) is 11.5 Å². The Morgan fingerprint density at radius 2 is 1.71 bits per heavy atom. The van der Waals surface area contributed by atoms with Gasteiger partial charge in [-0.15, -0.1) is 0 Å². The summed E-state index contributed by atoms with van der Waals surface area (Å²) in [5.41, 5.74) is 1.71. The number of amides is 2. The Kier molecular flexibility index (Phi) is 8.00. The Morgan fingerprint density at radius 3 is 2.46 bits per heavy atom. The molecule has 6 nitrogen and oxygen atoms in total. The highest BCUT2D eigenvalue weighted by molar-refractivity contribution is 6.32. The number of ether oxygens (including phenoxy) is 1. The number of hydrogen-bond acceptors (Lipinski definition) is 4. The average Bonchev–Trinajstić information content (AvgIpc) is 2.87. The highest BCUT2D eigenvalue weighted by Crippen LogP contribution is 2.23. The first kappa shape index (κ1) is 24.7. The van der Waals surface area contributed by atoms with Crippen molar-refractivity contribution >= 4 is 29.1 Å². The lowest BCUT2D eigenvalue weighted by molar-refractivity contribution is 0.0620. The van der Waals surface area contributed by atoms with Gasteiger partial charge in [0.2, 0.25) is 0 Å². The number of benzene rings is 3. The molecule has 1 heterocycles. The van der Waals surface area contributed by atoms with Gasteiger partial charge >= 0.3 is 0 Å². The van der Waals surface area contributed by atoms with Gasteiger partial charge in [-0.3, -0.25) is 14.5 Å². The highest BCUT2D eigenvalue weighted by atomic mass is 35.5. The Bertz CT molecular complexity index is 1210. The van der Waals surface area contributed by atoms with Crippen LogP contribution in [0.4, 0.5) is 10.1 Å². The number of para-hydroxylation sites is 1. The van der Waals surface area contributed by atoms with Gasteiger partial charge < -0.3 is 15.0 Å². The smallest absolute Gasteiger partial charge is 0.258 e. The molecule has 0 atom stereocenters. The molecule has 1 aliphatic heterocycles. The quantitative estimate of drug-likeness (QED) is 0.507. The summed E-state index contributed by atoms with van der Waals surface area (Å²) >= 11 is 6.12. The zero-order valence-corrected chi connectivity index (χ0v) is 20.2. The second-order valence-corrected chi connectivity index (χ2v) is 8.78. The van der Waals surface area contributed by atoms with Crippen molar-refractivity contribution in [2.45, 2.75) is 6.92 Å². The van der Waals surface area contributed by atoms with E-state index >= 15 is 0 Å². The fraction of sp³-hybridized carbons (Fsp3) is 0.259. The molecule has 0 radical (unpaired) electrons. The molecule has 0 unspecified atom stereocenters. The van der Waals surface area contributed by atoms with Gasteiger partial charge in [0.05, 0.1) is 10.6 Å². The van der Waals surface area contributed by atoms with Crippen molar-refractivity contribution in [2.24, 2.45) is 0 Å². The summed E-state index contributed by atoms with van der Waals surface area (Å²) in [5, 5.41) is 3.32. The number of nitrogens with one attached hydrogen (secondary N) is 1. The molecule has 182 valence electrons. The molecule has 0 aliphatic carbocycles. The molecule has 1 aliphatic rings. The van der Waals surface area contributed by atoms with E-state index in [9.17, 15) is 14.0 Å². The lowest BCUT2D eigenvalue weighted by Gasteiger charge is -2.34. The third-order valence-corrected chi connectivity index (χ3v) is 6.32. The maximum atomic E-state index is 14.0. The summed E-state index contributed by atoms with van der Waals surface area (Å²) < 4.78 is 19.7. The molecule has 1 fully saturated rings. The van der Waals surface area contributed by atoms with Crippen molar-refractivity contribution in [3.63, 3.8) is 0 Å². The summed E-state index contributed by atoms with van der Waals surface area (Å²) in [7, 11) is 0. The lowest BCUT2D eigenvalue weighted by Crippen LogP contribution is -2.49. The first-order valence-corrected chi connectivity index (χ1v) is 11.9. The fourth-order valence-corrected chi connectivity index (χ4v) is 4.12. The maximum Gasteiger partial charge on any atom is 0.258 e. The summed E-state index contributed by atoms with van der Waals surface area (Å²) in [5.74, 6) is -0.577. The molecule has 1 N–H and O–H groups in total. The topological polar surface area (TPSA) is 61.9 Å². The number of carbonyl (C=O) groups excluding carboxylic acids is 2. The van der Waals surface area contributed by atoms with Gasteiger partial charge in [-0.1, -0.05) is 41.9 Å². The summed E-state index contributed by atoms with van der Waals surface area (Å²) in [6.07, 6.45) is 0. The minimum Gasteiger partial charge on any atom is -0.491 e. The van der Waals surface area contributed by atoms with Crippen LogP contribution in [0.1, 0.15) is 26.3 Å². The molecule has 0 spiro atoms. The number of piperazine rings is 1. The average molecular weight is 496 g/mol. The van der Waals surface area contributed by atoms with Crippen molar-refractivity contribution in [2.75, 3.05) is 44.6 Å². The molecule has 3 aromatic carbocycles. The molecule has 0 saturated carbocycles. The van der Waals surface area contributed by atoms with Crippen LogP contribution in [-0.2, 0) is 0 Å². The van der Waals surface area contributed by atoms with Crippen LogP contribution in [0.25, 0.3) is 0 Å². The van der Waals surface area contributed by atoms with Crippen LogP contribution in [-0.4, -0.2) is 60.9 Å². The Morgan fingerprint density at radius 1 is 1.00 bits per heavy atom. The summed E-state index contributed by atoms with van der Waals surface area (Å²) in [6.45, 7) is 5.74. The molecule has 4 rings (SSSR count). The Labute approximate surface area is 209 Å². The number of carbonyl (C=O) groups is 2. The van der Waals surface area contributed by atoms with E-state index in [0.29, 0.717) is 41.7 Å². The third kappa shape index (κ3) is 6.18. The van der Waals surface area contributed by atoms with E-state index in [1.54, 1.807) is 35.2 Å². The first-order chi connectivity index (χ1) is 16.9. The van der Waals surface area contributed by atoms with Crippen molar-refractivity contribution in [3.8, 4) is 5.75 Å². The van der Waals surface area contributed by atoms with Crippen LogP contribution in [0.15, 0.2) is 66.7 Å². The standard InChI is InChI=1S/C27H27ClFN3O3/c1-19-10-11-20(18-24(19)30-26(33)21-6-2-4-8-23(21)29)27(34)32-14-12-31(13-15-32)16-17-35-25-9-5-3-7-22(25)28/h2-11,18H,12-17H2,1H3,(H,30,33). The van der Waals surface area contributed by atoms with Crippen molar-refractivity contribution < 1.29 is 18.7 Å². The van der Waals surface area contributed by atoms with Gasteiger partial charge in [-0.2, -0.15) is 0 Å². The number of rotatable bonds is 7. The van der Waals surface area contributed by atoms with Gasteiger partial charge in [-0.05, 0) is 48.9 Å². The van der Waals surface area contributed by atoms with Crippen molar-refractivity contribution in [1.82, 2.24) is 9.80 Å². The predicted molar refractivity (Wildman–Crippen MR) is 135 cm³/mol. The fourth-order valence-electron chi connectivity index (χ4n) is 3.93. The molecule has 1 saturated heterocycles. The van der Waals surface area contributed by atoms with Crippen LogP contribution in [0, 0.1) is 12.7 Å². The van der Waals surface area contributed by atoms with Gasteiger partial charge in [0.1, 0.15) is 18.2 Å². The van der Waals surface area contributed by atoms with E-state index in [1.165, 1.54) is 18.2 Å². The van der Waals surface area contributed by atoms with Crippen LogP contribution in [0.3, 0.4) is 0 Å². The highest BCUT2D eigenvalue weighted by Gasteiger charge is 2.23. The molecule has 8 heteroatoms. The van der Waals surface area contributed by atoms with E-state index in [1.807, 2.05) is 25.1 Å². The molecule has 35 heavy (non-hydrogen) atoms. The zero-order chi connectivity index (χ0) is 24.8. The predicted octanol–water partition coefficient (Wildman–Crippen LogP) is 4.88. The maximum absolute atomic E-state index is 14.0. The number of halogens is 2. The normalized spacial score (nSPS) is 14.0. The van der Waals surface area contributed by atoms with Gasteiger partial charge in [-0.25, -0.2) is 4.39 Å². The zero-order valence-electron chi connectivity index (χ0n) is 19.5. The monoisotopic (exact) mass is 495 g/mol. The second kappa shape index (κ2) is 11.3. The number of anilines is 1. The number of hydrogen-bond donors (Lipinski definition) is 1. The molecule has 0 bridgehead atoms. The Balaban J connectivity index is 1.31. The largest absolute Gasteiger partial charge is 0.491 e. The lowest BCUT2D eigenvalue weighted by atomic mass is 10.1. The van der Waals surface area contributed by atoms with Gasteiger partial charge in [0.25, 0.3) is 11.8 Å². The van der Waals surface area contributed by atoms with Crippen molar-refractivity contribution in [1.29, 1.82) is 0 Å². The van der Waals surface area contributed by atoms with E-state index in [2.05, 4.69) is 10.2 Å². The van der Waals surface area contributed by atoms with Crippen LogP contribution in [0.2, 0.25) is 5.02 Å². The van der Waals surface area contributed by atoms with Crippen molar-refractivity contribution in [3.05, 3.63) is 94.3 Å². The third-order valence-electron chi connectivity index (χ3n) is 6.01. The molecular formula is C27H27ClFN3O3. The summed E-state index contributed by atoms with van der Waals surface area (Å²) in [4.78, 5) is 29.7. The minimum atomic E-state index is -0.593. The van der Waals surface area contributed by atoms with Gasteiger partial charge in [0, 0.05) is 44.0 Å². The van der Waals surface area contributed by atoms with E-state index < -0.39 is 11.7 Å². The molecule has 2 amide bonds.